The maximum Gasteiger partial charge on any atom is 0.0233 e. The predicted molar refractivity (Wildman–Crippen MR) is 87.1 cm³/mol. The molecule has 2 saturated heterocycles. The van der Waals surface area contributed by atoms with Crippen LogP contribution in [0.4, 0.5) is 0 Å². The molecule has 2 nitrogen and oxygen atoms in total. The summed E-state index contributed by atoms with van der Waals surface area (Å²) in [4.78, 5) is 2.70. The molecule has 3 fully saturated rings. The van der Waals surface area contributed by atoms with Gasteiger partial charge in [0.15, 0.2) is 0 Å². The summed E-state index contributed by atoms with van der Waals surface area (Å²) in [7, 11) is 0. The minimum Gasteiger partial charge on any atom is -0.313 e. The Morgan fingerprint density at radius 1 is 0.952 bits per heavy atom. The molecule has 0 aromatic heterocycles. The molecule has 4 rings (SSSR count). The molecule has 3 atom stereocenters. The first-order valence-corrected chi connectivity index (χ1v) is 8.90. The first kappa shape index (κ1) is 13.8. The molecule has 0 spiro atoms. The number of nitrogens with zero attached hydrogens (tertiary/aromatic N) is 1. The Hall–Kier alpha value is -0.860. The van der Waals surface area contributed by atoms with Gasteiger partial charge in [-0.05, 0) is 42.7 Å². The van der Waals surface area contributed by atoms with Crippen LogP contribution >= 0.6 is 0 Å². The Morgan fingerprint density at radius 2 is 1.76 bits per heavy atom. The van der Waals surface area contributed by atoms with E-state index in [1.807, 2.05) is 0 Å². The molecule has 1 aromatic carbocycles. The number of rotatable bonds is 3. The van der Waals surface area contributed by atoms with E-state index in [0.29, 0.717) is 0 Å². The van der Waals surface area contributed by atoms with E-state index in [9.17, 15) is 0 Å². The predicted octanol–water partition coefficient (Wildman–Crippen LogP) is 3.29. The maximum atomic E-state index is 3.89. The van der Waals surface area contributed by atoms with Gasteiger partial charge in [-0.3, -0.25) is 4.90 Å². The fourth-order valence-electron chi connectivity index (χ4n) is 5.03. The van der Waals surface area contributed by atoms with Gasteiger partial charge in [-0.15, -0.1) is 0 Å². The molecule has 0 amide bonds. The Morgan fingerprint density at radius 3 is 2.57 bits per heavy atom. The molecular formula is C19H28N2. The maximum absolute atomic E-state index is 3.89. The van der Waals surface area contributed by atoms with Gasteiger partial charge in [-0.1, -0.05) is 49.6 Å². The summed E-state index contributed by atoms with van der Waals surface area (Å²) < 4.78 is 0. The average molecular weight is 284 g/mol. The van der Waals surface area contributed by atoms with Crippen molar-refractivity contribution in [1.82, 2.24) is 10.2 Å². The minimum absolute atomic E-state index is 0.816. The molecule has 1 aliphatic carbocycles. The van der Waals surface area contributed by atoms with Crippen molar-refractivity contribution in [3.05, 3.63) is 35.9 Å². The average Bonchev–Trinajstić information content (AvgIpc) is 3.09. The van der Waals surface area contributed by atoms with Crippen LogP contribution in [0.25, 0.3) is 0 Å². The van der Waals surface area contributed by atoms with Gasteiger partial charge in [0.05, 0.1) is 0 Å². The molecular weight excluding hydrogens is 256 g/mol. The van der Waals surface area contributed by atoms with Crippen LogP contribution in [0.2, 0.25) is 0 Å². The van der Waals surface area contributed by atoms with Gasteiger partial charge in [0, 0.05) is 25.7 Å². The molecule has 1 N–H and O–H groups in total. The zero-order valence-electron chi connectivity index (χ0n) is 13.0. The summed E-state index contributed by atoms with van der Waals surface area (Å²) in [6.07, 6.45) is 7.35. The van der Waals surface area contributed by atoms with Gasteiger partial charge in [0.2, 0.25) is 0 Å². The zero-order chi connectivity index (χ0) is 14.1. The molecule has 114 valence electrons. The third-order valence-electron chi connectivity index (χ3n) is 6.05. The summed E-state index contributed by atoms with van der Waals surface area (Å²) in [5, 5.41) is 3.89. The van der Waals surface area contributed by atoms with E-state index in [-0.39, 0.29) is 0 Å². The van der Waals surface area contributed by atoms with Crippen molar-refractivity contribution < 1.29 is 0 Å². The fraction of sp³-hybridized carbons (Fsp3) is 0.684. The molecule has 2 heterocycles. The standard InChI is InChI=1S/C19H28N2/c1-3-7-15(8-4-1)12-21-13-17-11-20-19(18(17)14-21)16-9-5-2-6-10-16/h1,3-4,7-8,16-20H,2,5-6,9-14H2. The topological polar surface area (TPSA) is 15.3 Å². The Bertz CT molecular complexity index is 452. The van der Waals surface area contributed by atoms with Crippen molar-refractivity contribution in [2.75, 3.05) is 19.6 Å². The Kier molecular flexibility index (Phi) is 4.00. The van der Waals surface area contributed by atoms with Crippen LogP contribution in [0.5, 0.6) is 0 Å². The largest absolute Gasteiger partial charge is 0.313 e. The minimum atomic E-state index is 0.816. The van der Waals surface area contributed by atoms with Gasteiger partial charge in [-0.25, -0.2) is 0 Å². The van der Waals surface area contributed by atoms with Gasteiger partial charge >= 0.3 is 0 Å². The van der Waals surface area contributed by atoms with Crippen molar-refractivity contribution in [1.29, 1.82) is 0 Å². The second-order valence-electron chi connectivity index (χ2n) is 7.44. The normalized spacial score (nSPS) is 34.2. The summed E-state index contributed by atoms with van der Waals surface area (Å²) in [5.74, 6) is 2.78. The van der Waals surface area contributed by atoms with Crippen molar-refractivity contribution in [3.63, 3.8) is 0 Å². The van der Waals surface area contributed by atoms with Crippen LogP contribution in [-0.4, -0.2) is 30.6 Å². The molecule has 3 unspecified atom stereocenters. The summed E-state index contributed by atoms with van der Waals surface area (Å²) >= 11 is 0. The van der Waals surface area contributed by atoms with E-state index < -0.39 is 0 Å². The number of hydrogen-bond acceptors (Lipinski definition) is 2. The lowest BCUT2D eigenvalue weighted by Gasteiger charge is -2.31. The van der Waals surface area contributed by atoms with Crippen LogP contribution < -0.4 is 5.32 Å². The van der Waals surface area contributed by atoms with E-state index in [2.05, 4.69) is 40.5 Å². The highest BCUT2D eigenvalue weighted by Gasteiger charge is 2.45. The van der Waals surface area contributed by atoms with Crippen LogP contribution in [-0.2, 0) is 6.54 Å². The number of benzene rings is 1. The van der Waals surface area contributed by atoms with Crippen molar-refractivity contribution in [2.45, 2.75) is 44.7 Å². The number of hydrogen-bond donors (Lipinski definition) is 1. The molecule has 1 aromatic rings. The second-order valence-corrected chi connectivity index (χ2v) is 7.44. The lowest BCUT2D eigenvalue weighted by Crippen LogP contribution is -2.39. The summed E-state index contributed by atoms with van der Waals surface area (Å²) in [6.45, 7) is 5.02. The first-order valence-electron chi connectivity index (χ1n) is 8.90. The number of likely N-dealkylation sites (tertiary alicyclic amines) is 1. The van der Waals surface area contributed by atoms with Crippen LogP contribution in [0.1, 0.15) is 37.7 Å². The molecule has 0 radical (unpaired) electrons. The molecule has 2 heteroatoms. The van der Waals surface area contributed by atoms with Crippen LogP contribution in [0, 0.1) is 17.8 Å². The SMILES string of the molecule is c1ccc(CN2CC3CNC(C4CCCCC4)C3C2)cc1. The van der Waals surface area contributed by atoms with Gasteiger partial charge in [0.1, 0.15) is 0 Å². The van der Waals surface area contributed by atoms with Crippen molar-refractivity contribution in [3.8, 4) is 0 Å². The zero-order valence-corrected chi connectivity index (χ0v) is 13.0. The third kappa shape index (κ3) is 2.89. The third-order valence-corrected chi connectivity index (χ3v) is 6.05. The quantitative estimate of drug-likeness (QED) is 0.916. The lowest BCUT2D eigenvalue weighted by molar-refractivity contribution is 0.224. The highest BCUT2D eigenvalue weighted by Crippen LogP contribution is 2.39. The Labute approximate surface area is 128 Å². The number of nitrogens with one attached hydrogen (secondary N) is 1. The monoisotopic (exact) mass is 284 g/mol. The first-order chi connectivity index (χ1) is 10.4. The highest BCUT2D eigenvalue weighted by atomic mass is 15.2. The van der Waals surface area contributed by atoms with Crippen molar-refractivity contribution in [2.24, 2.45) is 17.8 Å². The summed E-state index contributed by atoms with van der Waals surface area (Å²) in [6, 6.07) is 11.8. The summed E-state index contributed by atoms with van der Waals surface area (Å²) in [5.41, 5.74) is 1.47. The van der Waals surface area contributed by atoms with E-state index in [4.69, 9.17) is 0 Å². The van der Waals surface area contributed by atoms with Crippen molar-refractivity contribution >= 4 is 0 Å². The van der Waals surface area contributed by atoms with E-state index in [1.54, 1.807) is 0 Å². The van der Waals surface area contributed by atoms with Crippen LogP contribution in [0.3, 0.4) is 0 Å². The van der Waals surface area contributed by atoms with Gasteiger partial charge in [0.25, 0.3) is 0 Å². The highest BCUT2D eigenvalue weighted by molar-refractivity contribution is 5.15. The molecule has 3 aliphatic rings. The van der Waals surface area contributed by atoms with E-state index in [1.165, 1.54) is 57.3 Å². The molecule has 2 aliphatic heterocycles. The lowest BCUT2D eigenvalue weighted by atomic mass is 9.78. The molecule has 0 bridgehead atoms. The smallest absolute Gasteiger partial charge is 0.0233 e. The molecule has 21 heavy (non-hydrogen) atoms. The van der Waals surface area contributed by atoms with E-state index >= 15 is 0 Å². The van der Waals surface area contributed by atoms with Gasteiger partial charge < -0.3 is 5.32 Å². The Balaban J connectivity index is 1.38. The fourth-order valence-corrected chi connectivity index (χ4v) is 5.03. The molecule has 1 saturated carbocycles. The van der Waals surface area contributed by atoms with Gasteiger partial charge in [-0.2, -0.15) is 0 Å². The number of fused-ring (bicyclic) bond motifs is 1. The van der Waals surface area contributed by atoms with Crippen LogP contribution in [0.15, 0.2) is 30.3 Å². The second kappa shape index (κ2) is 6.10. The van der Waals surface area contributed by atoms with E-state index in [0.717, 1.165) is 30.3 Å².